The number of anilines is 1. The van der Waals surface area contributed by atoms with Crippen LogP contribution in [0.4, 0.5) is 5.69 Å². The second-order valence-electron chi connectivity index (χ2n) is 6.86. The van der Waals surface area contributed by atoms with Gasteiger partial charge >= 0.3 is 5.97 Å². The van der Waals surface area contributed by atoms with Crippen molar-refractivity contribution in [3.63, 3.8) is 0 Å². The summed E-state index contributed by atoms with van der Waals surface area (Å²) in [5.41, 5.74) is 6.61. The summed E-state index contributed by atoms with van der Waals surface area (Å²) in [6.07, 6.45) is 6.04. The minimum atomic E-state index is -0.881. The molecule has 2 aromatic carbocycles. The molecule has 0 aliphatic heterocycles. The molecule has 2 aromatic rings. The summed E-state index contributed by atoms with van der Waals surface area (Å²) in [5.74, 6) is -0.881. The first-order valence-electron chi connectivity index (χ1n) is 8.90. The number of hydrogen-bond donors (Lipinski definition) is 1. The van der Waals surface area contributed by atoms with Gasteiger partial charge in [0.05, 0.1) is 5.56 Å². The predicted molar refractivity (Wildman–Crippen MR) is 103 cm³/mol. The standard InChI is InChI=1S/C22H25NO2/c1-23(2)20-14-12-18(13-15-20)21(16-6-4-3-5-7-16)17-8-10-19(11-9-17)22(24)25/h8-15H,3-7H2,1-2H3,(H,24,25). The van der Waals surface area contributed by atoms with Gasteiger partial charge in [0.25, 0.3) is 0 Å². The highest BCUT2D eigenvalue weighted by Crippen LogP contribution is 2.35. The van der Waals surface area contributed by atoms with Gasteiger partial charge in [-0.15, -0.1) is 0 Å². The fraction of sp³-hybridized carbons (Fsp3) is 0.318. The van der Waals surface area contributed by atoms with E-state index >= 15 is 0 Å². The number of rotatable bonds is 4. The quantitative estimate of drug-likeness (QED) is 0.833. The van der Waals surface area contributed by atoms with Crippen molar-refractivity contribution in [1.29, 1.82) is 0 Å². The van der Waals surface area contributed by atoms with Crippen LogP contribution in [0.1, 0.15) is 53.6 Å². The van der Waals surface area contributed by atoms with Crippen LogP contribution < -0.4 is 4.90 Å². The molecule has 0 atom stereocenters. The van der Waals surface area contributed by atoms with Crippen LogP contribution in [0.2, 0.25) is 0 Å². The molecule has 0 saturated heterocycles. The molecule has 3 nitrogen and oxygen atoms in total. The Bertz CT molecular complexity index is 763. The van der Waals surface area contributed by atoms with Gasteiger partial charge in [-0.2, -0.15) is 0 Å². The third kappa shape index (κ3) is 3.93. The molecule has 3 heteroatoms. The van der Waals surface area contributed by atoms with Gasteiger partial charge in [-0.1, -0.05) is 36.3 Å². The first-order chi connectivity index (χ1) is 12.1. The van der Waals surface area contributed by atoms with Crippen molar-refractivity contribution >= 4 is 17.2 Å². The van der Waals surface area contributed by atoms with Crippen molar-refractivity contribution in [1.82, 2.24) is 0 Å². The number of benzene rings is 2. The molecule has 0 spiro atoms. The van der Waals surface area contributed by atoms with Gasteiger partial charge in [0.15, 0.2) is 0 Å². The van der Waals surface area contributed by atoms with Gasteiger partial charge in [0.2, 0.25) is 0 Å². The molecule has 3 rings (SSSR count). The lowest BCUT2D eigenvalue weighted by molar-refractivity contribution is 0.0697. The summed E-state index contributed by atoms with van der Waals surface area (Å²) in [7, 11) is 4.08. The van der Waals surface area contributed by atoms with Gasteiger partial charge in [-0.3, -0.25) is 0 Å². The van der Waals surface area contributed by atoms with Crippen molar-refractivity contribution in [3.05, 3.63) is 70.8 Å². The minimum Gasteiger partial charge on any atom is -0.478 e. The highest BCUT2D eigenvalue weighted by atomic mass is 16.4. The highest BCUT2D eigenvalue weighted by Gasteiger charge is 2.15. The second-order valence-corrected chi connectivity index (χ2v) is 6.86. The SMILES string of the molecule is CN(C)c1ccc(C(=C2CCCCC2)c2ccc(C(=O)O)cc2)cc1. The Kier molecular flexibility index (Phi) is 5.22. The molecule has 0 bridgehead atoms. The topological polar surface area (TPSA) is 40.5 Å². The van der Waals surface area contributed by atoms with E-state index in [1.54, 1.807) is 12.1 Å². The van der Waals surface area contributed by atoms with Crippen LogP contribution in [0.15, 0.2) is 54.1 Å². The average Bonchev–Trinajstić information content (AvgIpc) is 2.64. The van der Waals surface area contributed by atoms with Gasteiger partial charge in [-0.05, 0) is 66.6 Å². The number of allylic oxidation sites excluding steroid dienone is 1. The Morgan fingerprint density at radius 2 is 1.28 bits per heavy atom. The molecule has 0 amide bonds. The molecular weight excluding hydrogens is 310 g/mol. The van der Waals surface area contributed by atoms with E-state index in [1.807, 2.05) is 26.2 Å². The molecule has 1 N–H and O–H groups in total. The molecule has 25 heavy (non-hydrogen) atoms. The second kappa shape index (κ2) is 7.56. The van der Waals surface area contributed by atoms with E-state index in [4.69, 9.17) is 5.11 Å². The molecule has 0 unspecified atom stereocenters. The van der Waals surface area contributed by atoms with Crippen molar-refractivity contribution in [2.45, 2.75) is 32.1 Å². The molecule has 130 valence electrons. The zero-order valence-corrected chi connectivity index (χ0v) is 15.0. The fourth-order valence-corrected chi connectivity index (χ4v) is 3.51. The Morgan fingerprint density at radius 3 is 1.76 bits per heavy atom. The molecule has 1 fully saturated rings. The molecule has 0 heterocycles. The maximum Gasteiger partial charge on any atom is 0.335 e. The van der Waals surface area contributed by atoms with Crippen LogP contribution in [-0.4, -0.2) is 25.2 Å². The van der Waals surface area contributed by atoms with E-state index in [-0.39, 0.29) is 0 Å². The van der Waals surface area contributed by atoms with E-state index in [0.717, 1.165) is 18.4 Å². The number of carboxylic acid groups (broad SMARTS) is 1. The smallest absolute Gasteiger partial charge is 0.335 e. The van der Waals surface area contributed by atoms with E-state index in [1.165, 1.54) is 41.7 Å². The summed E-state index contributed by atoms with van der Waals surface area (Å²) in [6, 6.07) is 15.9. The lowest BCUT2D eigenvalue weighted by Crippen LogP contribution is -2.08. The zero-order valence-electron chi connectivity index (χ0n) is 15.0. The lowest BCUT2D eigenvalue weighted by Gasteiger charge is -2.21. The number of nitrogens with zero attached hydrogens (tertiary/aromatic N) is 1. The molecular formula is C22H25NO2. The number of carbonyl (C=O) groups is 1. The van der Waals surface area contributed by atoms with Gasteiger partial charge in [0, 0.05) is 19.8 Å². The highest BCUT2D eigenvalue weighted by molar-refractivity contribution is 5.89. The number of carboxylic acids is 1. The molecule has 0 radical (unpaired) electrons. The van der Waals surface area contributed by atoms with Gasteiger partial charge in [0.1, 0.15) is 0 Å². The lowest BCUT2D eigenvalue weighted by atomic mass is 9.85. The average molecular weight is 335 g/mol. The maximum absolute atomic E-state index is 11.1. The Hall–Kier alpha value is -2.55. The van der Waals surface area contributed by atoms with E-state index in [0.29, 0.717) is 5.56 Å². The van der Waals surface area contributed by atoms with Crippen LogP contribution in [-0.2, 0) is 0 Å². The van der Waals surface area contributed by atoms with Crippen LogP contribution in [0.5, 0.6) is 0 Å². The van der Waals surface area contributed by atoms with Crippen LogP contribution in [0.25, 0.3) is 5.57 Å². The van der Waals surface area contributed by atoms with Crippen LogP contribution in [0, 0.1) is 0 Å². The van der Waals surface area contributed by atoms with Gasteiger partial charge in [-0.25, -0.2) is 4.79 Å². The third-order valence-electron chi connectivity index (χ3n) is 4.90. The number of aromatic carboxylic acids is 1. The first kappa shape index (κ1) is 17.3. The van der Waals surface area contributed by atoms with E-state index in [2.05, 4.69) is 29.2 Å². The Morgan fingerprint density at radius 1 is 0.800 bits per heavy atom. The Labute approximate surface area is 149 Å². The van der Waals surface area contributed by atoms with Crippen molar-refractivity contribution in [3.8, 4) is 0 Å². The van der Waals surface area contributed by atoms with Crippen LogP contribution >= 0.6 is 0 Å². The zero-order chi connectivity index (χ0) is 17.8. The molecule has 0 aromatic heterocycles. The van der Waals surface area contributed by atoms with E-state index < -0.39 is 5.97 Å². The fourth-order valence-electron chi connectivity index (χ4n) is 3.51. The van der Waals surface area contributed by atoms with Crippen molar-refractivity contribution in [2.75, 3.05) is 19.0 Å². The minimum absolute atomic E-state index is 0.333. The normalized spacial score (nSPS) is 14.2. The molecule has 1 aliphatic rings. The molecule has 1 saturated carbocycles. The van der Waals surface area contributed by atoms with Gasteiger partial charge < -0.3 is 10.0 Å². The summed E-state index contributed by atoms with van der Waals surface area (Å²) in [5, 5.41) is 9.15. The summed E-state index contributed by atoms with van der Waals surface area (Å²) in [6.45, 7) is 0. The first-order valence-corrected chi connectivity index (χ1v) is 8.90. The number of hydrogen-bond acceptors (Lipinski definition) is 2. The third-order valence-corrected chi connectivity index (χ3v) is 4.90. The van der Waals surface area contributed by atoms with E-state index in [9.17, 15) is 4.79 Å². The Balaban J connectivity index is 2.05. The largest absolute Gasteiger partial charge is 0.478 e. The van der Waals surface area contributed by atoms with Crippen LogP contribution in [0.3, 0.4) is 0 Å². The summed E-state index contributed by atoms with van der Waals surface area (Å²) in [4.78, 5) is 13.2. The monoisotopic (exact) mass is 335 g/mol. The summed E-state index contributed by atoms with van der Waals surface area (Å²) < 4.78 is 0. The van der Waals surface area contributed by atoms with Crippen molar-refractivity contribution in [2.24, 2.45) is 0 Å². The summed E-state index contributed by atoms with van der Waals surface area (Å²) >= 11 is 0. The molecule has 1 aliphatic carbocycles. The van der Waals surface area contributed by atoms with Crippen molar-refractivity contribution < 1.29 is 9.90 Å². The predicted octanol–water partition coefficient (Wildman–Crippen LogP) is 5.22. The maximum atomic E-state index is 11.1.